The molecule has 1 aromatic carbocycles. The summed E-state index contributed by atoms with van der Waals surface area (Å²) in [5.41, 5.74) is 0.181. The molecular formula is C18H28N2O5S. The van der Waals surface area contributed by atoms with Gasteiger partial charge in [0.05, 0.1) is 10.5 Å². The number of hydrogen-bond donors (Lipinski definition) is 1. The van der Waals surface area contributed by atoms with Gasteiger partial charge in [0.25, 0.3) is 5.91 Å². The van der Waals surface area contributed by atoms with Crippen LogP contribution in [-0.4, -0.2) is 49.9 Å². The number of hydrogen-bond acceptors (Lipinski definition) is 5. The molecule has 0 heterocycles. The minimum atomic E-state index is -3.58. The molecule has 0 radical (unpaired) electrons. The van der Waals surface area contributed by atoms with Crippen LogP contribution >= 0.6 is 0 Å². The Bertz CT molecular complexity index is 718. The Kier molecular flexibility index (Phi) is 7.77. The summed E-state index contributed by atoms with van der Waals surface area (Å²) in [6.45, 7) is 11.1. The molecule has 146 valence electrons. The molecule has 1 aromatic rings. The zero-order valence-electron chi connectivity index (χ0n) is 16.1. The number of esters is 1. The predicted molar refractivity (Wildman–Crippen MR) is 99.3 cm³/mol. The van der Waals surface area contributed by atoms with Crippen molar-refractivity contribution in [2.24, 2.45) is 0 Å². The fraction of sp³-hybridized carbons (Fsp3) is 0.556. The van der Waals surface area contributed by atoms with E-state index < -0.39 is 22.1 Å². The van der Waals surface area contributed by atoms with Crippen molar-refractivity contribution in [1.29, 1.82) is 0 Å². The lowest BCUT2D eigenvalue weighted by Gasteiger charge is -2.32. The number of nitrogens with zero attached hydrogens (tertiary/aromatic N) is 1. The second-order valence-electron chi connectivity index (χ2n) is 6.51. The number of rotatable bonds is 8. The van der Waals surface area contributed by atoms with Gasteiger partial charge in [-0.05, 0) is 58.9 Å². The van der Waals surface area contributed by atoms with Gasteiger partial charge in [0.1, 0.15) is 0 Å². The van der Waals surface area contributed by atoms with Crippen molar-refractivity contribution in [2.75, 3.05) is 6.54 Å². The van der Waals surface area contributed by atoms with Crippen LogP contribution in [0.2, 0.25) is 0 Å². The summed E-state index contributed by atoms with van der Waals surface area (Å²) in [6.07, 6.45) is -0.933. The quantitative estimate of drug-likeness (QED) is 0.694. The monoisotopic (exact) mass is 384 g/mol. The molecular weight excluding hydrogens is 356 g/mol. The van der Waals surface area contributed by atoms with Gasteiger partial charge >= 0.3 is 5.97 Å². The number of sulfonamides is 1. The minimum absolute atomic E-state index is 0.0146. The third kappa shape index (κ3) is 5.54. The Balaban J connectivity index is 2.86. The van der Waals surface area contributed by atoms with Gasteiger partial charge in [-0.2, -0.15) is 0 Å². The van der Waals surface area contributed by atoms with E-state index in [2.05, 4.69) is 4.72 Å². The molecule has 26 heavy (non-hydrogen) atoms. The molecule has 1 N–H and O–H groups in total. The van der Waals surface area contributed by atoms with Gasteiger partial charge in [0.2, 0.25) is 10.0 Å². The molecule has 0 aromatic heterocycles. The lowest BCUT2D eigenvalue weighted by molar-refractivity contribution is -0.143. The Hall–Kier alpha value is -1.93. The highest BCUT2D eigenvalue weighted by atomic mass is 32.2. The van der Waals surface area contributed by atoms with Crippen LogP contribution in [0.3, 0.4) is 0 Å². The Morgan fingerprint density at radius 1 is 1.04 bits per heavy atom. The van der Waals surface area contributed by atoms with Gasteiger partial charge in [0, 0.05) is 18.6 Å². The Morgan fingerprint density at radius 3 is 1.96 bits per heavy atom. The highest BCUT2D eigenvalue weighted by molar-refractivity contribution is 7.89. The van der Waals surface area contributed by atoms with Crippen LogP contribution in [0.1, 0.15) is 51.9 Å². The van der Waals surface area contributed by atoms with Gasteiger partial charge < -0.3 is 9.64 Å². The van der Waals surface area contributed by atoms with E-state index in [1.54, 1.807) is 11.8 Å². The Labute approximate surface area is 155 Å². The summed E-state index contributed by atoms with van der Waals surface area (Å²) >= 11 is 0. The lowest BCUT2D eigenvalue weighted by Crippen LogP contribution is -2.47. The van der Waals surface area contributed by atoms with E-state index in [9.17, 15) is 18.0 Å². The summed E-state index contributed by atoms with van der Waals surface area (Å²) in [5.74, 6) is -0.944. The summed E-state index contributed by atoms with van der Waals surface area (Å²) in [6, 6.07) is 5.36. The fourth-order valence-electron chi connectivity index (χ4n) is 2.64. The van der Waals surface area contributed by atoms with E-state index >= 15 is 0 Å². The average Bonchev–Trinajstić information content (AvgIpc) is 2.54. The maximum atomic E-state index is 12.5. The van der Waals surface area contributed by atoms with Gasteiger partial charge in [0.15, 0.2) is 6.10 Å². The van der Waals surface area contributed by atoms with Crippen LogP contribution < -0.4 is 4.72 Å². The fourth-order valence-corrected chi connectivity index (χ4v) is 3.68. The van der Waals surface area contributed by atoms with Crippen molar-refractivity contribution in [3.63, 3.8) is 0 Å². The maximum Gasteiger partial charge on any atom is 0.338 e. The topological polar surface area (TPSA) is 92.8 Å². The predicted octanol–water partition coefficient (Wildman–Crippen LogP) is 2.18. The second-order valence-corrected chi connectivity index (χ2v) is 8.27. The summed E-state index contributed by atoms with van der Waals surface area (Å²) < 4.78 is 31.4. The number of amides is 1. The van der Waals surface area contributed by atoms with Crippen molar-refractivity contribution in [3.8, 4) is 0 Å². The van der Waals surface area contributed by atoms with Gasteiger partial charge in [-0.3, -0.25) is 4.79 Å². The summed E-state index contributed by atoms with van der Waals surface area (Å²) in [4.78, 5) is 26.5. The average molecular weight is 384 g/mol. The van der Waals surface area contributed by atoms with E-state index in [1.165, 1.54) is 31.2 Å². The highest BCUT2D eigenvalue weighted by Gasteiger charge is 2.28. The zero-order chi connectivity index (χ0) is 20.1. The molecule has 0 aliphatic rings. The zero-order valence-corrected chi connectivity index (χ0v) is 17.0. The summed E-state index contributed by atoms with van der Waals surface area (Å²) in [7, 11) is -3.58. The number of carbonyl (C=O) groups excluding carboxylic acids is 2. The maximum absolute atomic E-state index is 12.5. The molecule has 0 unspecified atom stereocenters. The van der Waals surface area contributed by atoms with Crippen LogP contribution in [0.5, 0.6) is 0 Å². The molecule has 1 atom stereocenters. The van der Waals surface area contributed by atoms with E-state index in [0.717, 1.165) is 0 Å². The van der Waals surface area contributed by atoms with E-state index in [4.69, 9.17) is 4.74 Å². The van der Waals surface area contributed by atoms with E-state index in [1.807, 2.05) is 27.7 Å². The van der Waals surface area contributed by atoms with Crippen LogP contribution in [-0.2, 0) is 19.6 Å². The molecule has 1 rings (SSSR count). The van der Waals surface area contributed by atoms with Crippen LogP contribution in [0, 0.1) is 0 Å². The van der Waals surface area contributed by atoms with Gasteiger partial charge in [-0.15, -0.1) is 0 Å². The lowest BCUT2D eigenvalue weighted by atomic mass is 10.2. The molecule has 0 saturated heterocycles. The first-order chi connectivity index (χ1) is 12.0. The molecule has 7 nitrogen and oxygen atoms in total. The highest BCUT2D eigenvalue weighted by Crippen LogP contribution is 2.14. The van der Waals surface area contributed by atoms with Crippen molar-refractivity contribution in [1.82, 2.24) is 9.62 Å². The van der Waals surface area contributed by atoms with Crippen LogP contribution in [0.25, 0.3) is 0 Å². The van der Waals surface area contributed by atoms with Crippen molar-refractivity contribution in [2.45, 2.75) is 64.6 Å². The SMILES string of the molecule is CCNS(=O)(=O)c1ccc(C(=O)O[C@@H](C)C(=O)N(C(C)C)C(C)C)cc1. The third-order valence-corrected chi connectivity index (χ3v) is 5.29. The molecule has 0 bridgehead atoms. The molecule has 0 aliphatic heterocycles. The number of carbonyl (C=O) groups is 2. The van der Waals surface area contributed by atoms with Crippen molar-refractivity contribution >= 4 is 21.9 Å². The van der Waals surface area contributed by atoms with Gasteiger partial charge in [-0.25, -0.2) is 17.9 Å². The van der Waals surface area contributed by atoms with E-state index in [0.29, 0.717) is 0 Å². The molecule has 0 spiro atoms. The summed E-state index contributed by atoms with van der Waals surface area (Å²) in [5, 5.41) is 0. The first-order valence-corrected chi connectivity index (χ1v) is 10.1. The second kappa shape index (κ2) is 9.14. The third-order valence-electron chi connectivity index (χ3n) is 3.73. The number of benzene rings is 1. The normalized spacial score (nSPS) is 12.9. The standard InChI is InChI=1S/C18H28N2O5S/c1-7-19-26(23,24)16-10-8-15(9-11-16)18(22)25-14(6)17(21)20(12(2)3)13(4)5/h8-14,19H,7H2,1-6H3/t14-/m0/s1. The largest absolute Gasteiger partial charge is 0.449 e. The van der Waals surface area contributed by atoms with Crippen molar-refractivity contribution in [3.05, 3.63) is 29.8 Å². The minimum Gasteiger partial charge on any atom is -0.449 e. The van der Waals surface area contributed by atoms with Crippen LogP contribution in [0.15, 0.2) is 29.2 Å². The Morgan fingerprint density at radius 2 is 1.54 bits per heavy atom. The smallest absolute Gasteiger partial charge is 0.338 e. The van der Waals surface area contributed by atoms with Crippen molar-refractivity contribution < 1.29 is 22.7 Å². The molecule has 0 saturated carbocycles. The molecule has 8 heteroatoms. The first-order valence-electron chi connectivity index (χ1n) is 8.64. The number of nitrogens with one attached hydrogen (secondary N) is 1. The molecule has 0 aliphatic carbocycles. The molecule has 1 amide bonds. The molecule has 0 fully saturated rings. The van der Waals surface area contributed by atoms with Gasteiger partial charge in [-0.1, -0.05) is 6.92 Å². The van der Waals surface area contributed by atoms with E-state index in [-0.39, 0.29) is 35.0 Å². The first kappa shape index (κ1) is 22.1. The van der Waals surface area contributed by atoms with Crippen LogP contribution in [0.4, 0.5) is 0 Å². The number of ether oxygens (including phenoxy) is 1.